The summed E-state index contributed by atoms with van der Waals surface area (Å²) in [5.74, 6) is 0.232. The highest BCUT2D eigenvalue weighted by Crippen LogP contribution is 2.11. The highest BCUT2D eigenvalue weighted by molar-refractivity contribution is 7.84. The maximum absolute atomic E-state index is 11.9. The molecule has 0 saturated carbocycles. The maximum atomic E-state index is 11.9. The van der Waals surface area contributed by atoms with Crippen LogP contribution in [0, 0.1) is 0 Å². The minimum atomic E-state index is -0.994. The molecular weight excluding hydrogens is 324 g/mol. The molecule has 0 aliphatic rings. The molecule has 0 saturated heterocycles. The molecule has 0 fully saturated rings. The van der Waals surface area contributed by atoms with E-state index in [1.165, 1.54) is 0 Å². The Kier molecular flexibility index (Phi) is 6.37. The predicted molar refractivity (Wildman–Crippen MR) is 95.4 cm³/mol. The van der Waals surface area contributed by atoms with Crippen LogP contribution in [0.3, 0.4) is 0 Å². The molecule has 0 spiro atoms. The fourth-order valence-corrected chi connectivity index (χ4v) is 2.81. The molecule has 0 aromatic heterocycles. The summed E-state index contributed by atoms with van der Waals surface area (Å²) < 4.78 is 11.3. The largest absolute Gasteiger partial charge is 0.508 e. The van der Waals surface area contributed by atoms with Crippen molar-refractivity contribution in [3.63, 3.8) is 0 Å². The van der Waals surface area contributed by atoms with Crippen molar-refractivity contribution in [1.29, 1.82) is 0 Å². The lowest BCUT2D eigenvalue weighted by Gasteiger charge is -2.15. The third kappa shape index (κ3) is 5.70. The van der Waals surface area contributed by atoms with Crippen molar-refractivity contribution in [3.05, 3.63) is 59.7 Å². The molecule has 3 N–H and O–H groups in total. The summed E-state index contributed by atoms with van der Waals surface area (Å²) in [6, 6.07) is 14.0. The van der Waals surface area contributed by atoms with Gasteiger partial charge in [0, 0.05) is 34.5 Å². The molecule has 0 unspecified atom stereocenters. The fraction of sp³-hybridized carbons (Fsp3) is 0.278. The lowest BCUT2D eigenvalue weighted by molar-refractivity contribution is 0.237. The first-order valence-corrected chi connectivity index (χ1v) is 9.24. The van der Waals surface area contributed by atoms with E-state index in [0.717, 1.165) is 16.0 Å². The van der Waals surface area contributed by atoms with Gasteiger partial charge in [-0.05, 0) is 48.7 Å². The summed E-state index contributed by atoms with van der Waals surface area (Å²) in [5.41, 5.74) is 1.99. The Balaban J connectivity index is 1.77. The fourth-order valence-electron chi connectivity index (χ4n) is 2.29. The molecule has 0 aliphatic carbocycles. The number of hydrogen-bond acceptors (Lipinski definition) is 3. The van der Waals surface area contributed by atoms with Crippen molar-refractivity contribution in [3.8, 4) is 5.75 Å². The number of aromatic hydroxyl groups is 1. The highest BCUT2D eigenvalue weighted by atomic mass is 32.2. The van der Waals surface area contributed by atoms with Gasteiger partial charge in [-0.1, -0.05) is 24.3 Å². The molecule has 2 aromatic rings. The van der Waals surface area contributed by atoms with E-state index >= 15 is 0 Å². The minimum Gasteiger partial charge on any atom is -0.508 e. The summed E-state index contributed by atoms with van der Waals surface area (Å²) in [4.78, 5) is 12.7. The SMILES string of the molecule is C[C@@H](Cc1ccc(O)cc1)NC(=O)NCc1ccc([S@@](C)=O)cc1. The maximum Gasteiger partial charge on any atom is 0.315 e. The van der Waals surface area contributed by atoms with Crippen LogP contribution in [0.2, 0.25) is 0 Å². The van der Waals surface area contributed by atoms with Gasteiger partial charge in [-0.15, -0.1) is 0 Å². The third-order valence-electron chi connectivity index (χ3n) is 3.56. The van der Waals surface area contributed by atoms with Crippen molar-refractivity contribution < 1.29 is 14.1 Å². The number of amides is 2. The second-order valence-electron chi connectivity index (χ2n) is 5.70. The third-order valence-corrected chi connectivity index (χ3v) is 4.50. The first kappa shape index (κ1) is 18.0. The average molecular weight is 346 g/mol. The van der Waals surface area contributed by atoms with E-state index in [-0.39, 0.29) is 17.8 Å². The van der Waals surface area contributed by atoms with Gasteiger partial charge in [0.2, 0.25) is 0 Å². The summed E-state index contributed by atoms with van der Waals surface area (Å²) in [7, 11) is -0.994. The second-order valence-corrected chi connectivity index (χ2v) is 7.08. The first-order valence-electron chi connectivity index (χ1n) is 7.68. The zero-order valence-electron chi connectivity index (χ0n) is 13.8. The smallest absolute Gasteiger partial charge is 0.315 e. The Morgan fingerprint density at radius 1 is 1.08 bits per heavy atom. The van der Waals surface area contributed by atoms with Crippen LogP contribution < -0.4 is 10.6 Å². The molecule has 24 heavy (non-hydrogen) atoms. The zero-order chi connectivity index (χ0) is 17.5. The number of phenols is 1. The van der Waals surface area contributed by atoms with Crippen LogP contribution in [0.4, 0.5) is 4.79 Å². The van der Waals surface area contributed by atoms with Crippen LogP contribution in [0.5, 0.6) is 5.75 Å². The molecule has 2 rings (SSSR count). The van der Waals surface area contributed by atoms with Gasteiger partial charge in [0.15, 0.2) is 0 Å². The normalized spacial score (nSPS) is 13.1. The van der Waals surface area contributed by atoms with E-state index < -0.39 is 10.8 Å². The lowest BCUT2D eigenvalue weighted by Crippen LogP contribution is -2.41. The van der Waals surface area contributed by atoms with E-state index in [9.17, 15) is 14.1 Å². The zero-order valence-corrected chi connectivity index (χ0v) is 14.6. The number of carbonyl (C=O) groups is 1. The van der Waals surface area contributed by atoms with Crippen LogP contribution in [-0.4, -0.2) is 27.6 Å². The van der Waals surface area contributed by atoms with Crippen molar-refractivity contribution in [1.82, 2.24) is 10.6 Å². The summed E-state index contributed by atoms with van der Waals surface area (Å²) >= 11 is 0. The number of phenolic OH excluding ortho intramolecular Hbond substituents is 1. The van der Waals surface area contributed by atoms with Gasteiger partial charge in [0.1, 0.15) is 5.75 Å². The summed E-state index contributed by atoms with van der Waals surface area (Å²) in [6.45, 7) is 2.34. The number of hydrogen-bond donors (Lipinski definition) is 3. The van der Waals surface area contributed by atoms with Crippen LogP contribution in [-0.2, 0) is 23.8 Å². The van der Waals surface area contributed by atoms with Gasteiger partial charge in [-0.3, -0.25) is 4.21 Å². The molecule has 5 nitrogen and oxygen atoms in total. The van der Waals surface area contributed by atoms with Gasteiger partial charge in [-0.25, -0.2) is 4.79 Å². The molecule has 2 atom stereocenters. The van der Waals surface area contributed by atoms with Crippen LogP contribution in [0.1, 0.15) is 18.1 Å². The molecule has 2 amide bonds. The molecule has 6 heteroatoms. The van der Waals surface area contributed by atoms with Gasteiger partial charge < -0.3 is 15.7 Å². The quantitative estimate of drug-likeness (QED) is 0.752. The molecule has 0 heterocycles. The molecule has 0 radical (unpaired) electrons. The molecule has 0 bridgehead atoms. The predicted octanol–water partition coefficient (Wildman–Crippen LogP) is 2.56. The Morgan fingerprint density at radius 2 is 1.67 bits per heavy atom. The van der Waals surface area contributed by atoms with Crippen LogP contribution in [0.15, 0.2) is 53.4 Å². The first-order chi connectivity index (χ1) is 11.4. The molecular formula is C18H22N2O3S. The highest BCUT2D eigenvalue weighted by Gasteiger charge is 2.08. The number of benzene rings is 2. The number of carbonyl (C=O) groups excluding carboxylic acids is 1. The summed E-state index contributed by atoms with van der Waals surface area (Å²) in [6.07, 6.45) is 2.32. The van der Waals surface area contributed by atoms with Gasteiger partial charge >= 0.3 is 6.03 Å². The lowest BCUT2D eigenvalue weighted by atomic mass is 10.1. The minimum absolute atomic E-state index is 0.0283. The Labute approximate surface area is 144 Å². The van der Waals surface area contributed by atoms with Crippen LogP contribution in [0.25, 0.3) is 0 Å². The van der Waals surface area contributed by atoms with Crippen molar-refractivity contribution in [2.75, 3.05) is 6.26 Å². The molecule has 0 aliphatic heterocycles. The monoisotopic (exact) mass is 346 g/mol. The second kappa shape index (κ2) is 8.49. The van der Waals surface area contributed by atoms with E-state index in [4.69, 9.17) is 0 Å². The number of rotatable bonds is 6. The molecule has 128 valence electrons. The van der Waals surface area contributed by atoms with Gasteiger partial charge in [0.05, 0.1) is 0 Å². The number of urea groups is 1. The van der Waals surface area contributed by atoms with E-state index in [1.54, 1.807) is 30.5 Å². The summed E-state index contributed by atoms with van der Waals surface area (Å²) in [5, 5.41) is 15.0. The van der Waals surface area contributed by atoms with E-state index in [1.807, 2.05) is 31.2 Å². The number of nitrogens with one attached hydrogen (secondary N) is 2. The Hall–Kier alpha value is -2.34. The topological polar surface area (TPSA) is 78.4 Å². The van der Waals surface area contributed by atoms with Crippen molar-refractivity contribution in [2.45, 2.75) is 30.8 Å². The average Bonchev–Trinajstić information content (AvgIpc) is 2.55. The van der Waals surface area contributed by atoms with Crippen molar-refractivity contribution >= 4 is 16.8 Å². The Bertz CT molecular complexity index is 699. The van der Waals surface area contributed by atoms with Gasteiger partial charge in [-0.2, -0.15) is 0 Å². The Morgan fingerprint density at radius 3 is 2.25 bits per heavy atom. The standard InChI is InChI=1S/C18H22N2O3S/c1-13(11-14-3-7-16(21)8-4-14)20-18(22)19-12-15-5-9-17(10-6-15)24(2)23/h3-10,13,21H,11-12H2,1-2H3,(H2,19,20,22)/t13-,24+/m0/s1. The van der Waals surface area contributed by atoms with Crippen LogP contribution >= 0.6 is 0 Å². The van der Waals surface area contributed by atoms with E-state index in [0.29, 0.717) is 13.0 Å². The van der Waals surface area contributed by atoms with E-state index in [2.05, 4.69) is 10.6 Å². The molecule has 2 aromatic carbocycles. The van der Waals surface area contributed by atoms with Crippen molar-refractivity contribution in [2.24, 2.45) is 0 Å². The van der Waals surface area contributed by atoms with Gasteiger partial charge in [0.25, 0.3) is 0 Å².